The lowest BCUT2D eigenvalue weighted by atomic mass is 10.1. The first-order valence-corrected chi connectivity index (χ1v) is 9.10. The van der Waals surface area contributed by atoms with E-state index >= 15 is 0 Å². The number of hydrogen-bond donors (Lipinski definition) is 2. The Kier molecular flexibility index (Phi) is 8.04. The van der Waals surface area contributed by atoms with Crippen molar-refractivity contribution in [1.29, 1.82) is 0 Å². The predicted molar refractivity (Wildman–Crippen MR) is 110 cm³/mol. The highest BCUT2D eigenvalue weighted by molar-refractivity contribution is 6.30. The Morgan fingerprint density at radius 3 is 2.33 bits per heavy atom. The van der Waals surface area contributed by atoms with E-state index in [4.69, 9.17) is 11.6 Å². The van der Waals surface area contributed by atoms with Crippen LogP contribution in [0.15, 0.2) is 60.3 Å². The standard InChI is InChI=1S/C21H24ClN3O2/c1-25(2)14-6-13-23-21(27)19(15-16-9-11-18(22)12-10-16)24-20(26)17-7-4-3-5-8-17/h3-5,7-12,15H,6,13-14H2,1-2H3,(H,23,27)(H,24,26)/b19-15-. The van der Waals surface area contributed by atoms with E-state index in [0.29, 0.717) is 17.1 Å². The van der Waals surface area contributed by atoms with Gasteiger partial charge in [-0.3, -0.25) is 9.59 Å². The molecule has 0 aliphatic heterocycles. The number of hydrogen-bond acceptors (Lipinski definition) is 3. The van der Waals surface area contributed by atoms with Gasteiger partial charge in [0.2, 0.25) is 0 Å². The quantitative estimate of drug-likeness (QED) is 0.542. The van der Waals surface area contributed by atoms with Crippen LogP contribution in [0.4, 0.5) is 0 Å². The molecule has 0 saturated carbocycles. The third-order valence-corrected chi connectivity index (χ3v) is 4.03. The van der Waals surface area contributed by atoms with Gasteiger partial charge >= 0.3 is 0 Å². The summed E-state index contributed by atoms with van der Waals surface area (Å²) in [5, 5.41) is 6.17. The maximum absolute atomic E-state index is 12.6. The van der Waals surface area contributed by atoms with Crippen LogP contribution in [-0.4, -0.2) is 43.9 Å². The fraction of sp³-hybridized carbons (Fsp3) is 0.238. The highest BCUT2D eigenvalue weighted by Gasteiger charge is 2.14. The molecule has 2 rings (SSSR count). The molecule has 0 fully saturated rings. The third-order valence-electron chi connectivity index (χ3n) is 3.78. The van der Waals surface area contributed by atoms with Crippen molar-refractivity contribution in [2.75, 3.05) is 27.2 Å². The summed E-state index contributed by atoms with van der Waals surface area (Å²) >= 11 is 5.91. The highest BCUT2D eigenvalue weighted by Crippen LogP contribution is 2.12. The molecule has 0 aliphatic rings. The second kappa shape index (κ2) is 10.5. The molecule has 2 aromatic carbocycles. The largest absolute Gasteiger partial charge is 0.351 e. The normalized spacial score (nSPS) is 11.3. The molecule has 0 saturated heterocycles. The Hall–Kier alpha value is -2.63. The highest BCUT2D eigenvalue weighted by atomic mass is 35.5. The first-order chi connectivity index (χ1) is 13.0. The molecule has 2 N–H and O–H groups in total. The molecule has 0 spiro atoms. The van der Waals surface area contributed by atoms with E-state index < -0.39 is 0 Å². The van der Waals surface area contributed by atoms with Crippen LogP contribution >= 0.6 is 11.6 Å². The SMILES string of the molecule is CN(C)CCCNC(=O)/C(=C/c1ccc(Cl)cc1)NC(=O)c1ccccc1. The van der Waals surface area contributed by atoms with Crippen LogP contribution in [-0.2, 0) is 4.79 Å². The van der Waals surface area contributed by atoms with Crippen LogP contribution in [0.3, 0.4) is 0 Å². The molecule has 0 aromatic heterocycles. The van der Waals surface area contributed by atoms with Gasteiger partial charge in [0, 0.05) is 17.1 Å². The van der Waals surface area contributed by atoms with E-state index in [1.54, 1.807) is 54.6 Å². The Morgan fingerprint density at radius 1 is 1.04 bits per heavy atom. The van der Waals surface area contributed by atoms with Crippen molar-refractivity contribution in [3.8, 4) is 0 Å². The summed E-state index contributed by atoms with van der Waals surface area (Å²) in [6.07, 6.45) is 2.46. The second-order valence-corrected chi connectivity index (χ2v) is 6.78. The van der Waals surface area contributed by atoms with Gasteiger partial charge in [0.15, 0.2) is 0 Å². The van der Waals surface area contributed by atoms with Crippen molar-refractivity contribution in [3.05, 3.63) is 76.4 Å². The van der Waals surface area contributed by atoms with Gasteiger partial charge in [0.25, 0.3) is 11.8 Å². The van der Waals surface area contributed by atoms with Crippen LogP contribution < -0.4 is 10.6 Å². The predicted octanol–water partition coefficient (Wildman–Crippen LogP) is 3.18. The first-order valence-electron chi connectivity index (χ1n) is 8.72. The minimum atomic E-state index is -0.334. The third kappa shape index (κ3) is 7.25. The summed E-state index contributed by atoms with van der Waals surface area (Å²) in [6.45, 7) is 1.39. The van der Waals surface area contributed by atoms with E-state index in [1.807, 2.05) is 25.1 Å². The lowest BCUT2D eigenvalue weighted by Crippen LogP contribution is -2.36. The van der Waals surface area contributed by atoms with E-state index in [0.717, 1.165) is 18.5 Å². The minimum Gasteiger partial charge on any atom is -0.351 e. The number of rotatable bonds is 8. The number of carbonyl (C=O) groups is 2. The lowest BCUT2D eigenvalue weighted by Gasteiger charge is -2.13. The Morgan fingerprint density at radius 2 is 1.70 bits per heavy atom. The molecule has 27 heavy (non-hydrogen) atoms. The van der Waals surface area contributed by atoms with Crippen molar-refractivity contribution >= 4 is 29.5 Å². The minimum absolute atomic E-state index is 0.191. The Labute approximate surface area is 165 Å². The second-order valence-electron chi connectivity index (χ2n) is 6.34. The van der Waals surface area contributed by atoms with E-state index in [-0.39, 0.29) is 17.5 Å². The van der Waals surface area contributed by atoms with Gasteiger partial charge in [-0.05, 0) is 63.0 Å². The molecule has 2 amide bonds. The maximum atomic E-state index is 12.6. The zero-order valence-corrected chi connectivity index (χ0v) is 16.3. The summed E-state index contributed by atoms with van der Waals surface area (Å²) in [5.41, 5.74) is 1.45. The zero-order valence-electron chi connectivity index (χ0n) is 15.5. The fourth-order valence-corrected chi connectivity index (χ4v) is 2.49. The summed E-state index contributed by atoms with van der Waals surface area (Å²) in [6, 6.07) is 15.8. The van der Waals surface area contributed by atoms with Crippen LogP contribution in [0.5, 0.6) is 0 Å². The van der Waals surface area contributed by atoms with Gasteiger partial charge in [-0.1, -0.05) is 41.9 Å². The smallest absolute Gasteiger partial charge is 0.267 e. The van der Waals surface area contributed by atoms with Crippen LogP contribution in [0, 0.1) is 0 Å². The molecular formula is C21H24ClN3O2. The van der Waals surface area contributed by atoms with Crippen molar-refractivity contribution < 1.29 is 9.59 Å². The summed E-state index contributed by atoms with van der Waals surface area (Å²) in [7, 11) is 3.96. The van der Waals surface area contributed by atoms with Gasteiger partial charge in [0.05, 0.1) is 0 Å². The molecular weight excluding hydrogens is 362 g/mol. The average molecular weight is 386 g/mol. The Balaban J connectivity index is 2.13. The van der Waals surface area contributed by atoms with Crippen LogP contribution in [0.25, 0.3) is 6.08 Å². The first kappa shape index (κ1) is 20.7. The van der Waals surface area contributed by atoms with Crippen LogP contribution in [0.2, 0.25) is 5.02 Å². The molecule has 0 unspecified atom stereocenters. The van der Waals surface area contributed by atoms with E-state index in [1.165, 1.54) is 0 Å². The number of nitrogens with zero attached hydrogens (tertiary/aromatic N) is 1. The van der Waals surface area contributed by atoms with Gasteiger partial charge in [-0.25, -0.2) is 0 Å². The van der Waals surface area contributed by atoms with Crippen molar-refractivity contribution in [3.63, 3.8) is 0 Å². The topological polar surface area (TPSA) is 61.4 Å². The van der Waals surface area contributed by atoms with Gasteiger partial charge in [-0.2, -0.15) is 0 Å². The Bertz CT molecular complexity index is 787. The molecule has 2 aromatic rings. The van der Waals surface area contributed by atoms with Gasteiger partial charge in [-0.15, -0.1) is 0 Å². The molecule has 142 valence electrons. The lowest BCUT2D eigenvalue weighted by molar-refractivity contribution is -0.117. The summed E-state index contributed by atoms with van der Waals surface area (Å²) in [5.74, 6) is -0.660. The fourth-order valence-electron chi connectivity index (χ4n) is 2.36. The average Bonchev–Trinajstić information content (AvgIpc) is 2.66. The molecule has 6 heteroatoms. The number of carbonyl (C=O) groups excluding carboxylic acids is 2. The van der Waals surface area contributed by atoms with Crippen LogP contribution in [0.1, 0.15) is 22.3 Å². The van der Waals surface area contributed by atoms with E-state index in [9.17, 15) is 9.59 Å². The number of nitrogens with one attached hydrogen (secondary N) is 2. The van der Waals surface area contributed by atoms with Crippen molar-refractivity contribution in [2.24, 2.45) is 0 Å². The summed E-state index contributed by atoms with van der Waals surface area (Å²) in [4.78, 5) is 27.1. The summed E-state index contributed by atoms with van der Waals surface area (Å²) < 4.78 is 0. The zero-order chi connectivity index (χ0) is 19.6. The molecule has 0 aliphatic carbocycles. The van der Waals surface area contributed by atoms with Gasteiger partial charge in [0.1, 0.15) is 5.70 Å². The molecule has 0 bridgehead atoms. The van der Waals surface area contributed by atoms with E-state index in [2.05, 4.69) is 10.6 Å². The van der Waals surface area contributed by atoms with Gasteiger partial charge < -0.3 is 15.5 Å². The van der Waals surface area contributed by atoms with Crippen molar-refractivity contribution in [2.45, 2.75) is 6.42 Å². The number of amides is 2. The molecule has 0 atom stereocenters. The monoisotopic (exact) mass is 385 g/mol. The number of benzene rings is 2. The molecule has 0 heterocycles. The molecule has 0 radical (unpaired) electrons. The molecule has 5 nitrogen and oxygen atoms in total. The maximum Gasteiger partial charge on any atom is 0.267 e. The number of halogens is 1. The van der Waals surface area contributed by atoms with Crippen molar-refractivity contribution in [1.82, 2.24) is 15.5 Å².